The van der Waals surface area contributed by atoms with Crippen LogP contribution in [-0.2, 0) is 0 Å². The number of H-pyrrole nitrogens is 1. The van der Waals surface area contributed by atoms with Gasteiger partial charge in [-0.1, -0.05) is 48.0 Å². The number of hydrogen-bond donors (Lipinski definition) is 1. The van der Waals surface area contributed by atoms with E-state index < -0.39 is 0 Å². The van der Waals surface area contributed by atoms with E-state index in [1.165, 1.54) is 17.7 Å². The van der Waals surface area contributed by atoms with Crippen LogP contribution >= 0.6 is 0 Å². The Morgan fingerprint density at radius 2 is 1.53 bits per heavy atom. The first-order chi connectivity index (χ1) is 15.6. The Labute approximate surface area is 184 Å². The average Bonchev–Trinajstić information content (AvgIpc) is 3.46. The highest BCUT2D eigenvalue weighted by atomic mass is 19.1. The molecule has 0 saturated heterocycles. The molecule has 4 aromatic carbocycles. The molecule has 0 atom stereocenters. The summed E-state index contributed by atoms with van der Waals surface area (Å²) in [7, 11) is 0. The smallest absolute Gasteiger partial charge is 0.226 e. The number of benzene rings is 4. The second kappa shape index (κ2) is 7.20. The van der Waals surface area contributed by atoms with Gasteiger partial charge in [0.2, 0.25) is 5.89 Å². The Balaban J connectivity index is 1.40. The Hall–Kier alpha value is -4.18. The second-order valence-corrected chi connectivity index (χ2v) is 8.06. The molecule has 2 heterocycles. The van der Waals surface area contributed by atoms with E-state index in [0.717, 1.165) is 49.7 Å². The van der Waals surface area contributed by atoms with Crippen molar-refractivity contribution in [3.63, 3.8) is 0 Å². The van der Waals surface area contributed by atoms with Gasteiger partial charge in [0.1, 0.15) is 5.82 Å². The van der Waals surface area contributed by atoms with Crippen LogP contribution in [0.3, 0.4) is 0 Å². The number of fused-ring (bicyclic) bond motifs is 2. The summed E-state index contributed by atoms with van der Waals surface area (Å²) in [4.78, 5) is 7.68. The van der Waals surface area contributed by atoms with Crippen LogP contribution in [-0.4, -0.2) is 9.97 Å². The van der Waals surface area contributed by atoms with Crippen LogP contribution in [0.2, 0.25) is 0 Å². The number of nitrogens with one attached hydrogen (secondary N) is 1. The third-order valence-electron chi connectivity index (χ3n) is 5.88. The van der Waals surface area contributed by atoms with Gasteiger partial charge in [-0.25, -0.2) is 9.37 Å². The number of hydrogen-bond acceptors (Lipinski definition) is 2. The van der Waals surface area contributed by atoms with Crippen molar-refractivity contribution in [2.24, 2.45) is 0 Å². The topological polar surface area (TPSA) is 41.8 Å². The number of nitrogens with zero attached hydrogens (tertiary/aromatic N) is 1. The minimum atomic E-state index is -0.245. The van der Waals surface area contributed by atoms with Crippen molar-refractivity contribution >= 4 is 21.7 Å². The number of aryl methyl sites for hydroxylation is 1. The lowest BCUT2D eigenvalue weighted by Crippen LogP contribution is -1.81. The van der Waals surface area contributed by atoms with E-state index in [2.05, 4.69) is 59.4 Å². The molecule has 1 N–H and O–H groups in total. The fraction of sp³-hybridized carbons (Fsp3) is 0.0357. The van der Waals surface area contributed by atoms with Crippen LogP contribution in [0.25, 0.3) is 55.6 Å². The first-order valence-electron chi connectivity index (χ1n) is 10.5. The van der Waals surface area contributed by atoms with Gasteiger partial charge in [-0.15, -0.1) is 0 Å². The maximum Gasteiger partial charge on any atom is 0.226 e. The lowest BCUT2D eigenvalue weighted by molar-refractivity contribution is 0.589. The molecule has 6 aromatic rings. The summed E-state index contributed by atoms with van der Waals surface area (Å²) in [5, 5.41) is 3.22. The Morgan fingerprint density at radius 3 is 2.38 bits per heavy atom. The van der Waals surface area contributed by atoms with E-state index in [1.807, 2.05) is 30.5 Å². The molecular formula is C28H19FN2O. The van der Waals surface area contributed by atoms with Gasteiger partial charge in [0.25, 0.3) is 0 Å². The second-order valence-electron chi connectivity index (χ2n) is 8.06. The molecule has 0 unspecified atom stereocenters. The first kappa shape index (κ1) is 18.6. The minimum absolute atomic E-state index is 0.245. The summed E-state index contributed by atoms with van der Waals surface area (Å²) < 4.78 is 19.6. The van der Waals surface area contributed by atoms with E-state index in [-0.39, 0.29) is 5.82 Å². The largest absolute Gasteiger partial charge is 0.436 e. The molecule has 0 fully saturated rings. The summed E-state index contributed by atoms with van der Waals surface area (Å²) in [5.74, 6) is 1.10. The van der Waals surface area contributed by atoms with E-state index in [4.69, 9.17) is 4.42 Å². The van der Waals surface area contributed by atoms with Gasteiger partial charge in [-0.3, -0.25) is 0 Å². The quantitative estimate of drug-likeness (QED) is 0.319. The zero-order chi connectivity index (χ0) is 21.7. The molecule has 0 saturated carbocycles. The molecule has 0 radical (unpaired) electrons. The van der Waals surface area contributed by atoms with Gasteiger partial charge in [-0.05, 0) is 59.7 Å². The Kier molecular flexibility index (Phi) is 4.18. The van der Waals surface area contributed by atoms with Crippen LogP contribution in [0.5, 0.6) is 0 Å². The molecular weight excluding hydrogens is 399 g/mol. The summed E-state index contributed by atoms with van der Waals surface area (Å²) >= 11 is 0. The predicted molar refractivity (Wildman–Crippen MR) is 127 cm³/mol. The van der Waals surface area contributed by atoms with Crippen molar-refractivity contribution in [3.8, 4) is 33.9 Å². The van der Waals surface area contributed by atoms with Gasteiger partial charge in [0.05, 0.1) is 6.20 Å². The van der Waals surface area contributed by atoms with Crippen molar-refractivity contribution in [2.45, 2.75) is 6.92 Å². The van der Waals surface area contributed by atoms with E-state index in [0.29, 0.717) is 5.89 Å². The Bertz CT molecular complexity index is 1590. The van der Waals surface area contributed by atoms with Crippen molar-refractivity contribution in [3.05, 3.63) is 103 Å². The number of rotatable bonds is 3. The highest BCUT2D eigenvalue weighted by molar-refractivity contribution is 5.98. The summed E-state index contributed by atoms with van der Waals surface area (Å²) in [6.07, 6.45) is 3.70. The fourth-order valence-corrected chi connectivity index (χ4v) is 4.14. The molecule has 0 bridgehead atoms. The number of halogens is 1. The fourth-order valence-electron chi connectivity index (χ4n) is 4.14. The zero-order valence-electron chi connectivity index (χ0n) is 17.4. The van der Waals surface area contributed by atoms with Gasteiger partial charge in [0.15, 0.2) is 5.76 Å². The average molecular weight is 418 g/mol. The number of aromatic nitrogens is 2. The van der Waals surface area contributed by atoms with Gasteiger partial charge in [0, 0.05) is 33.8 Å². The molecule has 32 heavy (non-hydrogen) atoms. The first-order valence-corrected chi connectivity index (χ1v) is 10.5. The molecule has 2 aromatic heterocycles. The molecule has 3 nitrogen and oxygen atoms in total. The van der Waals surface area contributed by atoms with Crippen molar-refractivity contribution in [1.29, 1.82) is 0 Å². The van der Waals surface area contributed by atoms with E-state index >= 15 is 0 Å². The van der Waals surface area contributed by atoms with Gasteiger partial charge < -0.3 is 9.40 Å². The van der Waals surface area contributed by atoms with Gasteiger partial charge in [-0.2, -0.15) is 0 Å². The van der Waals surface area contributed by atoms with E-state index in [1.54, 1.807) is 6.20 Å². The number of aromatic amines is 1. The standard InChI is InChI=1S/C28H19FN2O/c1-17-2-4-19(5-3-17)27-16-31-28(32-27)21-9-7-18-6-8-20(12-22(18)13-21)25-15-30-26-14-23(29)10-11-24(25)26/h2-16,30H,1H3. The van der Waals surface area contributed by atoms with Crippen LogP contribution < -0.4 is 0 Å². The van der Waals surface area contributed by atoms with Crippen LogP contribution in [0.1, 0.15) is 5.56 Å². The third kappa shape index (κ3) is 3.17. The molecule has 0 amide bonds. The molecule has 0 aliphatic rings. The van der Waals surface area contributed by atoms with Gasteiger partial charge >= 0.3 is 0 Å². The lowest BCUT2D eigenvalue weighted by Gasteiger charge is -2.05. The summed E-state index contributed by atoms with van der Waals surface area (Å²) in [5.41, 5.74) is 6.05. The molecule has 4 heteroatoms. The SMILES string of the molecule is Cc1ccc(-c2cnc(-c3ccc4ccc(-c5c[nH]c6cc(F)ccc56)cc4c3)o2)cc1. The molecule has 0 spiro atoms. The number of oxazole rings is 1. The highest BCUT2D eigenvalue weighted by Gasteiger charge is 2.11. The minimum Gasteiger partial charge on any atom is -0.436 e. The Morgan fingerprint density at radius 1 is 0.781 bits per heavy atom. The molecule has 0 aliphatic heterocycles. The maximum absolute atomic E-state index is 13.6. The molecule has 154 valence electrons. The summed E-state index contributed by atoms with van der Waals surface area (Å²) in [6.45, 7) is 2.06. The van der Waals surface area contributed by atoms with Crippen molar-refractivity contribution < 1.29 is 8.81 Å². The van der Waals surface area contributed by atoms with Crippen molar-refractivity contribution in [1.82, 2.24) is 9.97 Å². The normalized spacial score (nSPS) is 11.4. The summed E-state index contributed by atoms with van der Waals surface area (Å²) in [6, 6.07) is 25.6. The van der Waals surface area contributed by atoms with Crippen molar-refractivity contribution in [2.75, 3.05) is 0 Å². The maximum atomic E-state index is 13.6. The third-order valence-corrected chi connectivity index (χ3v) is 5.88. The molecule has 0 aliphatic carbocycles. The lowest BCUT2D eigenvalue weighted by atomic mass is 9.99. The van der Waals surface area contributed by atoms with Crippen LogP contribution in [0.15, 0.2) is 95.7 Å². The zero-order valence-corrected chi connectivity index (χ0v) is 17.4. The predicted octanol–water partition coefficient (Wildman–Crippen LogP) is 7.76. The monoisotopic (exact) mass is 418 g/mol. The molecule has 6 rings (SSSR count). The highest BCUT2D eigenvalue weighted by Crippen LogP contribution is 2.33. The van der Waals surface area contributed by atoms with Crippen LogP contribution in [0, 0.1) is 12.7 Å². The van der Waals surface area contributed by atoms with E-state index in [9.17, 15) is 4.39 Å². The van der Waals surface area contributed by atoms with Crippen LogP contribution in [0.4, 0.5) is 4.39 Å².